The molecule has 3 aromatic rings. The van der Waals surface area contributed by atoms with E-state index in [0.29, 0.717) is 48.6 Å². The van der Waals surface area contributed by atoms with Crippen LogP contribution in [0.25, 0.3) is 22.2 Å². The van der Waals surface area contributed by atoms with Gasteiger partial charge in [0.25, 0.3) is 6.43 Å². The molecule has 3 aromatic heterocycles. The molecule has 0 spiro atoms. The standard InChI is InChI=1S/C23H25F2N5O4/c1-32-23(3-5-34-12-23)19-7-13(21(24)25)6-17(28-19)16-10-30(14-2-4-33-11-14)18-9-27-20(8-15(16)18)29-22(26)31/h6-10,14,21H,2-5,11-12H2,1H3,(H3,26,27,29,31). The summed E-state index contributed by atoms with van der Waals surface area (Å²) in [6.07, 6.45) is 2.14. The zero-order valence-corrected chi connectivity index (χ0v) is 18.6. The highest BCUT2D eigenvalue weighted by Gasteiger charge is 2.39. The maximum atomic E-state index is 13.9. The molecule has 2 saturated heterocycles. The van der Waals surface area contributed by atoms with Crippen molar-refractivity contribution < 1.29 is 27.8 Å². The Hall–Kier alpha value is -3.15. The predicted molar refractivity (Wildman–Crippen MR) is 120 cm³/mol. The van der Waals surface area contributed by atoms with Gasteiger partial charge in [0.15, 0.2) is 0 Å². The number of hydrogen-bond acceptors (Lipinski definition) is 6. The van der Waals surface area contributed by atoms with Gasteiger partial charge in [0, 0.05) is 49.5 Å². The van der Waals surface area contributed by atoms with Crippen molar-refractivity contribution in [3.8, 4) is 11.3 Å². The summed E-state index contributed by atoms with van der Waals surface area (Å²) in [6.45, 7) is 1.86. The molecule has 2 aliphatic rings. The second-order valence-electron chi connectivity index (χ2n) is 8.52. The highest BCUT2D eigenvalue weighted by Crippen LogP contribution is 2.39. The zero-order chi connectivity index (χ0) is 23.9. The van der Waals surface area contributed by atoms with Crippen LogP contribution >= 0.6 is 0 Å². The number of amides is 2. The zero-order valence-electron chi connectivity index (χ0n) is 18.6. The molecule has 2 unspecified atom stereocenters. The van der Waals surface area contributed by atoms with E-state index in [2.05, 4.69) is 10.3 Å². The number of carbonyl (C=O) groups excluding carboxylic acids is 1. The first-order valence-electron chi connectivity index (χ1n) is 11.0. The Kier molecular flexibility index (Phi) is 5.92. The Bertz CT molecular complexity index is 1220. The van der Waals surface area contributed by atoms with Crippen molar-refractivity contribution in [1.82, 2.24) is 14.5 Å². The Morgan fingerprint density at radius 2 is 2.18 bits per heavy atom. The Morgan fingerprint density at radius 3 is 2.82 bits per heavy atom. The molecule has 0 aromatic carbocycles. The number of carbonyl (C=O) groups is 1. The van der Waals surface area contributed by atoms with E-state index >= 15 is 0 Å². The van der Waals surface area contributed by atoms with Crippen LogP contribution in [0.1, 0.15) is 36.6 Å². The van der Waals surface area contributed by atoms with Gasteiger partial charge in [0.05, 0.1) is 42.4 Å². The van der Waals surface area contributed by atoms with Crippen molar-refractivity contribution >= 4 is 22.8 Å². The fourth-order valence-electron chi connectivity index (χ4n) is 4.65. The summed E-state index contributed by atoms with van der Waals surface area (Å²) in [5.41, 5.74) is 6.39. The van der Waals surface area contributed by atoms with E-state index in [1.165, 1.54) is 19.2 Å². The summed E-state index contributed by atoms with van der Waals surface area (Å²) in [6, 6.07) is 3.76. The van der Waals surface area contributed by atoms with E-state index < -0.39 is 18.1 Å². The third kappa shape index (κ3) is 3.99. The lowest BCUT2D eigenvalue weighted by atomic mass is 9.95. The number of fused-ring (bicyclic) bond motifs is 1. The van der Waals surface area contributed by atoms with E-state index in [-0.39, 0.29) is 24.0 Å². The Labute approximate surface area is 194 Å². The van der Waals surface area contributed by atoms with Gasteiger partial charge in [-0.05, 0) is 24.6 Å². The van der Waals surface area contributed by atoms with Gasteiger partial charge in [-0.15, -0.1) is 0 Å². The number of halogens is 2. The number of methoxy groups -OCH3 is 1. The molecule has 2 fully saturated rings. The number of ether oxygens (including phenoxy) is 3. The van der Waals surface area contributed by atoms with Crippen LogP contribution in [0.15, 0.2) is 30.6 Å². The molecule has 2 amide bonds. The van der Waals surface area contributed by atoms with Crippen molar-refractivity contribution in [3.63, 3.8) is 0 Å². The fourth-order valence-corrected chi connectivity index (χ4v) is 4.65. The first-order valence-corrected chi connectivity index (χ1v) is 11.0. The molecule has 9 nitrogen and oxygen atoms in total. The lowest BCUT2D eigenvalue weighted by molar-refractivity contribution is -0.0247. The van der Waals surface area contributed by atoms with Gasteiger partial charge in [-0.2, -0.15) is 0 Å². The number of anilines is 1. The summed E-state index contributed by atoms with van der Waals surface area (Å²) < 4.78 is 46.7. The average Bonchev–Trinajstić information content (AvgIpc) is 3.58. The third-order valence-corrected chi connectivity index (χ3v) is 6.49. The molecule has 0 bridgehead atoms. The van der Waals surface area contributed by atoms with Crippen LogP contribution in [0.4, 0.5) is 19.4 Å². The number of nitrogens with one attached hydrogen (secondary N) is 1. The minimum absolute atomic E-state index is 0.0688. The average molecular weight is 473 g/mol. The number of hydrogen-bond donors (Lipinski definition) is 2. The SMILES string of the molecule is COC1(c2cc(C(F)F)cc(-c3cn(C4CCOC4)c4cnc(NC(N)=O)cc34)n2)CCOC1. The number of alkyl halides is 2. The maximum absolute atomic E-state index is 13.9. The molecule has 180 valence electrons. The van der Waals surface area contributed by atoms with Gasteiger partial charge in [-0.25, -0.2) is 23.5 Å². The quantitative estimate of drug-likeness (QED) is 0.564. The van der Waals surface area contributed by atoms with Crippen LogP contribution in [0.3, 0.4) is 0 Å². The number of urea groups is 1. The molecule has 3 N–H and O–H groups in total. The second-order valence-corrected chi connectivity index (χ2v) is 8.52. The molecule has 0 saturated carbocycles. The number of nitrogens with two attached hydrogens (primary N) is 1. The molecular weight excluding hydrogens is 448 g/mol. The first kappa shape index (κ1) is 22.6. The van der Waals surface area contributed by atoms with E-state index in [4.69, 9.17) is 24.9 Å². The minimum atomic E-state index is -2.69. The summed E-state index contributed by atoms with van der Waals surface area (Å²) in [7, 11) is 1.53. The van der Waals surface area contributed by atoms with Gasteiger partial charge in [0.1, 0.15) is 11.4 Å². The monoisotopic (exact) mass is 473 g/mol. The molecule has 34 heavy (non-hydrogen) atoms. The van der Waals surface area contributed by atoms with Crippen LogP contribution < -0.4 is 11.1 Å². The molecule has 11 heteroatoms. The van der Waals surface area contributed by atoms with Crippen LogP contribution in [-0.2, 0) is 19.8 Å². The summed E-state index contributed by atoms with van der Waals surface area (Å²) in [5, 5.41) is 3.17. The van der Waals surface area contributed by atoms with Crippen molar-refractivity contribution in [2.45, 2.75) is 30.9 Å². The second kappa shape index (κ2) is 8.90. The van der Waals surface area contributed by atoms with E-state index in [0.717, 1.165) is 11.9 Å². The van der Waals surface area contributed by atoms with Crippen molar-refractivity contribution in [2.75, 3.05) is 38.9 Å². The van der Waals surface area contributed by atoms with Gasteiger partial charge >= 0.3 is 6.03 Å². The van der Waals surface area contributed by atoms with Crippen molar-refractivity contribution in [3.05, 3.63) is 41.9 Å². The number of primary amides is 1. The number of rotatable bonds is 6. The van der Waals surface area contributed by atoms with E-state index in [9.17, 15) is 13.6 Å². The van der Waals surface area contributed by atoms with Crippen LogP contribution in [-0.4, -0.2) is 54.1 Å². The van der Waals surface area contributed by atoms with E-state index in [1.807, 2.05) is 10.8 Å². The predicted octanol–water partition coefficient (Wildman–Crippen LogP) is 3.75. The smallest absolute Gasteiger partial charge is 0.317 e. The molecular formula is C23H25F2N5O4. The lowest BCUT2D eigenvalue weighted by Gasteiger charge is -2.26. The summed E-state index contributed by atoms with van der Waals surface area (Å²) in [5.74, 6) is 0.254. The topological polar surface area (TPSA) is 114 Å². The Morgan fingerprint density at radius 1 is 1.32 bits per heavy atom. The van der Waals surface area contributed by atoms with Gasteiger partial charge in [-0.3, -0.25) is 5.32 Å². The lowest BCUT2D eigenvalue weighted by Crippen LogP contribution is -2.30. The van der Waals surface area contributed by atoms with Crippen molar-refractivity contribution in [2.24, 2.45) is 5.73 Å². The first-order chi connectivity index (χ1) is 16.4. The largest absolute Gasteiger partial charge is 0.379 e. The number of pyridine rings is 2. The van der Waals surface area contributed by atoms with Gasteiger partial charge in [-0.1, -0.05) is 0 Å². The molecule has 5 rings (SSSR count). The Balaban J connectivity index is 1.71. The molecule has 0 aliphatic carbocycles. The molecule has 2 aliphatic heterocycles. The number of aromatic nitrogens is 3. The molecule has 2 atom stereocenters. The maximum Gasteiger partial charge on any atom is 0.317 e. The molecule has 0 radical (unpaired) electrons. The van der Waals surface area contributed by atoms with Gasteiger partial charge < -0.3 is 24.5 Å². The third-order valence-electron chi connectivity index (χ3n) is 6.49. The van der Waals surface area contributed by atoms with Crippen LogP contribution in [0.2, 0.25) is 0 Å². The highest BCUT2D eigenvalue weighted by atomic mass is 19.3. The number of nitrogens with zero attached hydrogens (tertiary/aromatic N) is 3. The summed E-state index contributed by atoms with van der Waals surface area (Å²) in [4.78, 5) is 20.4. The normalized spacial score (nSPS) is 22.6. The van der Waals surface area contributed by atoms with E-state index in [1.54, 1.807) is 12.3 Å². The van der Waals surface area contributed by atoms with Crippen LogP contribution in [0.5, 0.6) is 0 Å². The fraction of sp³-hybridized carbons (Fsp3) is 0.435. The van der Waals surface area contributed by atoms with Gasteiger partial charge in [0.2, 0.25) is 0 Å². The van der Waals surface area contributed by atoms with Crippen LogP contribution in [0, 0.1) is 0 Å². The van der Waals surface area contributed by atoms with Crippen molar-refractivity contribution in [1.29, 1.82) is 0 Å². The minimum Gasteiger partial charge on any atom is -0.379 e. The molecule has 5 heterocycles. The summed E-state index contributed by atoms with van der Waals surface area (Å²) >= 11 is 0. The highest BCUT2D eigenvalue weighted by molar-refractivity contribution is 5.98.